The molecule has 0 radical (unpaired) electrons. The van der Waals surface area contributed by atoms with Gasteiger partial charge >= 0.3 is 0 Å². The fourth-order valence-corrected chi connectivity index (χ4v) is 2.66. The largest absolute Gasteiger partial charge is 0.409 e. The summed E-state index contributed by atoms with van der Waals surface area (Å²) in [7, 11) is -1.83. The molecule has 3 N–H and O–H groups in total. The molecule has 2 atom stereocenters. The first-order valence-electron chi connectivity index (χ1n) is 5.47. The van der Waals surface area contributed by atoms with Crippen LogP contribution in [-0.4, -0.2) is 32.2 Å². The molecule has 0 bridgehead atoms. The Hall–Kier alpha value is 0.567. The van der Waals surface area contributed by atoms with Crippen LogP contribution in [0, 0.1) is 0 Å². The second-order valence-electron chi connectivity index (χ2n) is 5.51. The predicted molar refractivity (Wildman–Crippen MR) is 80.3 cm³/mol. The molecule has 0 fully saturated rings. The Labute approximate surface area is 114 Å². The number of nitrogens with two attached hydrogens (primary N) is 1. The van der Waals surface area contributed by atoms with Gasteiger partial charge in [0, 0.05) is 0 Å². The zero-order valence-corrected chi connectivity index (χ0v) is 14.0. The average Bonchev–Trinajstić information content (AvgIpc) is 2.14. The summed E-state index contributed by atoms with van der Waals surface area (Å²) in [6, 6.07) is -0.347. The van der Waals surface area contributed by atoms with Gasteiger partial charge in [-0.2, -0.15) is 0 Å². The van der Waals surface area contributed by atoms with Crippen molar-refractivity contribution in [1.29, 1.82) is 0 Å². The molecule has 0 heterocycles. The predicted octanol–water partition coefficient (Wildman–Crippen LogP) is 2.65. The van der Waals surface area contributed by atoms with Gasteiger partial charge in [-0.25, -0.2) is 0 Å². The lowest BCUT2D eigenvalue weighted by molar-refractivity contribution is 0.149. The highest BCUT2D eigenvalue weighted by Gasteiger charge is 2.39. The van der Waals surface area contributed by atoms with E-state index in [-0.39, 0.29) is 23.8 Å². The smallest absolute Gasteiger partial charge is 0.192 e. The molecule has 0 saturated carbocycles. The quantitative estimate of drug-likeness (QED) is 0.588. The second kappa shape index (κ2) is 6.49. The molecule has 16 heavy (non-hydrogen) atoms. The summed E-state index contributed by atoms with van der Waals surface area (Å²) < 4.78 is 8.05. The summed E-state index contributed by atoms with van der Waals surface area (Å²) in [5.41, 5.74) is 5.85. The molecule has 0 aliphatic heterocycles. The summed E-state index contributed by atoms with van der Waals surface area (Å²) in [5.74, 6) is 0. The maximum absolute atomic E-state index is 9.11. The monoisotopic (exact) mass is 357 g/mol. The van der Waals surface area contributed by atoms with E-state index in [0.717, 1.165) is 0 Å². The molecule has 3 nitrogen and oxygen atoms in total. The number of aliphatic hydroxyl groups excluding tert-OH is 1. The zero-order chi connectivity index (χ0) is 13.0. The molecule has 0 spiro atoms. The van der Waals surface area contributed by atoms with E-state index in [2.05, 4.69) is 56.5 Å². The highest BCUT2D eigenvalue weighted by atomic mass is 127. The van der Waals surface area contributed by atoms with E-state index in [9.17, 15) is 0 Å². The molecule has 0 saturated heterocycles. The standard InChI is InChI=1S/C11H24INO2Si/c1-11(2,3)16(4,5)15-10(6-7-12)9(13)8-14/h6-7,9-10,14H,8,13H2,1-5H3/b7-6+/t9-,10+/m0/s1. The van der Waals surface area contributed by atoms with Gasteiger partial charge in [0.15, 0.2) is 8.32 Å². The molecule has 0 aromatic rings. The van der Waals surface area contributed by atoms with Crippen LogP contribution in [0.5, 0.6) is 0 Å². The van der Waals surface area contributed by atoms with Crippen LogP contribution >= 0.6 is 22.6 Å². The number of aliphatic hydroxyl groups is 1. The summed E-state index contributed by atoms with van der Waals surface area (Å²) in [4.78, 5) is 0. The third-order valence-electron chi connectivity index (χ3n) is 3.13. The Balaban J connectivity index is 4.75. The second-order valence-corrected chi connectivity index (χ2v) is 11.0. The SMILES string of the molecule is CC(C)(C)[Si](C)(C)O[C@H](/C=C/I)[C@@H](N)CO. The summed E-state index contributed by atoms with van der Waals surface area (Å²) >= 11 is 2.14. The minimum Gasteiger partial charge on any atom is -0.409 e. The Bertz CT molecular complexity index is 239. The van der Waals surface area contributed by atoms with Crippen LogP contribution in [0.2, 0.25) is 18.1 Å². The molecule has 5 heteroatoms. The van der Waals surface area contributed by atoms with Crippen LogP contribution in [0.25, 0.3) is 0 Å². The minimum atomic E-state index is -1.83. The van der Waals surface area contributed by atoms with E-state index in [1.54, 1.807) is 0 Å². The topological polar surface area (TPSA) is 55.5 Å². The Morgan fingerprint density at radius 3 is 2.25 bits per heavy atom. The van der Waals surface area contributed by atoms with Gasteiger partial charge in [-0.1, -0.05) is 43.4 Å². The first-order chi connectivity index (χ1) is 7.15. The zero-order valence-electron chi connectivity index (χ0n) is 10.8. The van der Waals surface area contributed by atoms with Gasteiger partial charge in [0.2, 0.25) is 0 Å². The van der Waals surface area contributed by atoms with Gasteiger partial charge < -0.3 is 15.3 Å². The van der Waals surface area contributed by atoms with Crippen molar-refractivity contribution in [1.82, 2.24) is 0 Å². The lowest BCUT2D eigenvalue weighted by atomic mass is 10.2. The maximum Gasteiger partial charge on any atom is 0.192 e. The van der Waals surface area contributed by atoms with Crippen LogP contribution in [0.4, 0.5) is 0 Å². The summed E-state index contributed by atoms with van der Waals surface area (Å²) in [6.07, 6.45) is 1.73. The van der Waals surface area contributed by atoms with Crippen LogP contribution in [-0.2, 0) is 4.43 Å². The van der Waals surface area contributed by atoms with Gasteiger partial charge in [0.05, 0.1) is 18.8 Å². The summed E-state index contributed by atoms with van der Waals surface area (Å²) in [5, 5.41) is 9.26. The number of rotatable bonds is 5. The van der Waals surface area contributed by atoms with E-state index in [0.29, 0.717) is 0 Å². The van der Waals surface area contributed by atoms with E-state index in [4.69, 9.17) is 15.3 Å². The van der Waals surface area contributed by atoms with Gasteiger partial charge in [-0.15, -0.1) is 0 Å². The molecular formula is C11H24INO2Si. The Kier molecular flexibility index (Phi) is 6.72. The van der Waals surface area contributed by atoms with Crippen molar-refractivity contribution >= 4 is 30.9 Å². The van der Waals surface area contributed by atoms with Gasteiger partial charge in [0.1, 0.15) is 0 Å². The van der Waals surface area contributed by atoms with Crippen molar-refractivity contribution in [2.45, 2.75) is 51.0 Å². The normalized spacial score (nSPS) is 17.8. The molecule has 0 aromatic heterocycles. The highest BCUT2D eigenvalue weighted by molar-refractivity contribution is 14.1. The lowest BCUT2D eigenvalue weighted by Gasteiger charge is -2.39. The Morgan fingerprint density at radius 1 is 1.44 bits per heavy atom. The molecule has 0 aliphatic rings. The molecule has 0 rings (SSSR count). The fraction of sp³-hybridized carbons (Fsp3) is 0.818. The van der Waals surface area contributed by atoms with Gasteiger partial charge in [-0.05, 0) is 28.3 Å². The maximum atomic E-state index is 9.11. The Morgan fingerprint density at radius 2 is 1.94 bits per heavy atom. The van der Waals surface area contributed by atoms with Crippen molar-refractivity contribution in [3.63, 3.8) is 0 Å². The fourth-order valence-electron chi connectivity index (χ4n) is 0.962. The van der Waals surface area contributed by atoms with Gasteiger partial charge in [0.25, 0.3) is 0 Å². The molecular weight excluding hydrogens is 333 g/mol. The number of hydrogen-bond acceptors (Lipinski definition) is 3. The third-order valence-corrected chi connectivity index (χ3v) is 8.02. The van der Waals surface area contributed by atoms with Crippen LogP contribution in [0.3, 0.4) is 0 Å². The van der Waals surface area contributed by atoms with Crippen molar-refractivity contribution < 1.29 is 9.53 Å². The lowest BCUT2D eigenvalue weighted by Crippen LogP contribution is -2.49. The van der Waals surface area contributed by atoms with Crippen LogP contribution in [0.15, 0.2) is 10.2 Å². The van der Waals surface area contributed by atoms with Crippen molar-refractivity contribution in [3.05, 3.63) is 10.2 Å². The molecule has 0 amide bonds. The first-order valence-corrected chi connectivity index (χ1v) is 9.62. The van der Waals surface area contributed by atoms with E-state index < -0.39 is 8.32 Å². The summed E-state index contributed by atoms with van der Waals surface area (Å²) in [6.45, 7) is 10.9. The van der Waals surface area contributed by atoms with E-state index in [1.165, 1.54) is 0 Å². The molecule has 0 aromatic carbocycles. The minimum absolute atomic E-state index is 0.0553. The molecule has 96 valence electrons. The van der Waals surface area contributed by atoms with Gasteiger partial charge in [-0.3, -0.25) is 0 Å². The van der Waals surface area contributed by atoms with Crippen molar-refractivity contribution in [2.24, 2.45) is 5.73 Å². The van der Waals surface area contributed by atoms with Crippen molar-refractivity contribution in [3.8, 4) is 0 Å². The van der Waals surface area contributed by atoms with E-state index in [1.807, 2.05) is 10.2 Å². The highest BCUT2D eigenvalue weighted by Crippen LogP contribution is 2.37. The van der Waals surface area contributed by atoms with E-state index >= 15 is 0 Å². The van der Waals surface area contributed by atoms with Crippen LogP contribution < -0.4 is 5.73 Å². The number of halogens is 1. The first kappa shape index (κ1) is 16.6. The van der Waals surface area contributed by atoms with Crippen molar-refractivity contribution in [2.75, 3.05) is 6.61 Å². The third kappa shape index (κ3) is 4.83. The molecule has 0 unspecified atom stereocenters. The average molecular weight is 357 g/mol. The number of hydrogen-bond donors (Lipinski definition) is 2. The molecule has 0 aliphatic carbocycles. The van der Waals surface area contributed by atoms with Crippen LogP contribution in [0.1, 0.15) is 20.8 Å².